The fourth-order valence-corrected chi connectivity index (χ4v) is 8.81. The van der Waals surface area contributed by atoms with Crippen molar-refractivity contribution < 1.29 is 15.3 Å². The molecule has 258 valence electrons. The smallest absolute Gasteiger partial charge is 0.130 e. The summed E-state index contributed by atoms with van der Waals surface area (Å²) >= 11 is 0. The molecule has 0 aliphatic heterocycles. The fourth-order valence-electron chi connectivity index (χ4n) is 8.81. The van der Waals surface area contributed by atoms with Crippen molar-refractivity contribution in [2.75, 3.05) is 0 Å². The lowest BCUT2D eigenvalue weighted by molar-refractivity contribution is 0.407. The van der Waals surface area contributed by atoms with Gasteiger partial charge in [-0.15, -0.1) is 0 Å². The van der Waals surface area contributed by atoms with Gasteiger partial charge in [-0.05, 0) is 99.5 Å². The SMILES string of the molecule is Oc1c(Cc2c3ccccc3cc3ccccc23)c(O)c(Cc2c3ccccc3cc3ccccc23)c(O)c1Cc1c2ccccc2cc2ccccc12. The summed E-state index contributed by atoms with van der Waals surface area (Å²) < 4.78 is 0. The van der Waals surface area contributed by atoms with Crippen LogP contribution < -0.4 is 0 Å². The lowest BCUT2D eigenvalue weighted by atomic mass is 9.85. The van der Waals surface area contributed by atoms with Crippen LogP contribution in [0.5, 0.6) is 17.2 Å². The van der Waals surface area contributed by atoms with Crippen LogP contribution in [0, 0.1) is 0 Å². The van der Waals surface area contributed by atoms with Gasteiger partial charge in [0.2, 0.25) is 0 Å². The van der Waals surface area contributed by atoms with Gasteiger partial charge < -0.3 is 15.3 Å². The Morgan fingerprint density at radius 3 is 0.630 bits per heavy atom. The predicted octanol–water partition coefficient (Wildman–Crippen LogP) is 12.5. The first kappa shape index (κ1) is 31.9. The molecule has 10 rings (SSSR count). The predicted molar refractivity (Wildman–Crippen MR) is 224 cm³/mol. The maximum Gasteiger partial charge on any atom is 0.130 e. The summed E-state index contributed by atoms with van der Waals surface area (Å²) in [6.07, 6.45) is 0.811. The molecule has 0 aromatic heterocycles. The van der Waals surface area contributed by atoms with Crippen molar-refractivity contribution in [3.63, 3.8) is 0 Å². The van der Waals surface area contributed by atoms with Crippen molar-refractivity contribution in [2.24, 2.45) is 0 Å². The van der Waals surface area contributed by atoms with Crippen LogP contribution in [0.2, 0.25) is 0 Å². The molecular formula is C51H36O3. The van der Waals surface area contributed by atoms with E-state index in [1.165, 1.54) is 0 Å². The summed E-state index contributed by atoms with van der Waals surface area (Å²) in [5.74, 6) is -0.235. The van der Waals surface area contributed by atoms with E-state index in [4.69, 9.17) is 0 Å². The first-order valence-corrected chi connectivity index (χ1v) is 18.5. The average Bonchev–Trinajstić information content (AvgIpc) is 3.21. The number of hydrogen-bond acceptors (Lipinski definition) is 3. The number of aromatic hydroxyl groups is 3. The highest BCUT2D eigenvalue weighted by Gasteiger charge is 2.27. The highest BCUT2D eigenvalue weighted by molar-refractivity contribution is 6.05. The van der Waals surface area contributed by atoms with Crippen molar-refractivity contribution in [3.8, 4) is 17.2 Å². The van der Waals surface area contributed by atoms with E-state index < -0.39 is 0 Å². The van der Waals surface area contributed by atoms with Gasteiger partial charge in [0.15, 0.2) is 0 Å². The molecule has 10 aromatic carbocycles. The largest absolute Gasteiger partial charge is 0.507 e. The molecule has 3 heteroatoms. The zero-order valence-electron chi connectivity index (χ0n) is 29.6. The Hall–Kier alpha value is -6.84. The minimum absolute atomic E-state index is 0.0782. The highest BCUT2D eigenvalue weighted by atomic mass is 16.3. The van der Waals surface area contributed by atoms with Crippen molar-refractivity contribution in [1.82, 2.24) is 0 Å². The monoisotopic (exact) mass is 696 g/mol. The van der Waals surface area contributed by atoms with Gasteiger partial charge in [-0.2, -0.15) is 0 Å². The van der Waals surface area contributed by atoms with Gasteiger partial charge in [-0.3, -0.25) is 0 Å². The van der Waals surface area contributed by atoms with Gasteiger partial charge in [-0.25, -0.2) is 0 Å². The first-order valence-electron chi connectivity index (χ1n) is 18.5. The van der Waals surface area contributed by atoms with E-state index in [1.54, 1.807) is 0 Å². The number of phenols is 3. The lowest BCUT2D eigenvalue weighted by Gasteiger charge is -2.22. The molecule has 54 heavy (non-hydrogen) atoms. The zero-order valence-corrected chi connectivity index (χ0v) is 29.6. The van der Waals surface area contributed by atoms with E-state index in [2.05, 4.69) is 91.0 Å². The second kappa shape index (κ2) is 12.7. The molecule has 0 atom stereocenters. The molecule has 3 nitrogen and oxygen atoms in total. The van der Waals surface area contributed by atoms with Crippen LogP contribution in [-0.2, 0) is 19.3 Å². The summed E-state index contributed by atoms with van der Waals surface area (Å²) in [6.45, 7) is 0. The van der Waals surface area contributed by atoms with E-state index in [1.807, 2.05) is 72.8 Å². The van der Waals surface area contributed by atoms with E-state index in [0.29, 0.717) is 16.7 Å². The van der Waals surface area contributed by atoms with E-state index in [-0.39, 0.29) is 36.5 Å². The lowest BCUT2D eigenvalue weighted by Crippen LogP contribution is -2.03. The number of rotatable bonds is 6. The van der Waals surface area contributed by atoms with E-state index in [9.17, 15) is 15.3 Å². The van der Waals surface area contributed by atoms with Crippen LogP contribution in [0.4, 0.5) is 0 Å². The summed E-state index contributed by atoms with van der Waals surface area (Å²) in [6, 6.07) is 56.3. The minimum Gasteiger partial charge on any atom is -0.507 e. The molecule has 0 unspecified atom stereocenters. The van der Waals surface area contributed by atoms with Crippen molar-refractivity contribution in [2.45, 2.75) is 19.3 Å². The average molecular weight is 697 g/mol. The number of hydrogen-bond donors (Lipinski definition) is 3. The molecule has 0 aliphatic carbocycles. The van der Waals surface area contributed by atoms with Crippen LogP contribution >= 0.6 is 0 Å². The molecule has 0 fully saturated rings. The molecule has 0 amide bonds. The molecule has 0 bridgehead atoms. The van der Waals surface area contributed by atoms with Crippen LogP contribution in [0.1, 0.15) is 33.4 Å². The molecular weight excluding hydrogens is 661 g/mol. The Morgan fingerprint density at radius 1 is 0.241 bits per heavy atom. The van der Waals surface area contributed by atoms with Crippen molar-refractivity contribution >= 4 is 64.6 Å². The number of benzene rings is 10. The first-order chi connectivity index (χ1) is 26.5. The summed E-state index contributed by atoms with van der Waals surface area (Å²) in [5, 5.41) is 50.3. The van der Waals surface area contributed by atoms with Crippen LogP contribution in [0.3, 0.4) is 0 Å². The Labute approximate surface area is 312 Å². The number of phenolic OH excluding ortho intramolecular Hbond substituents is 3. The molecule has 0 saturated heterocycles. The molecule has 0 radical (unpaired) electrons. The molecule has 0 aliphatic rings. The molecule has 0 spiro atoms. The minimum atomic E-state index is -0.0782. The zero-order chi connectivity index (χ0) is 36.3. The molecule has 3 N–H and O–H groups in total. The van der Waals surface area contributed by atoms with Gasteiger partial charge >= 0.3 is 0 Å². The standard InChI is InChI=1S/C51H36O3/c52-49-46(28-43-37-19-7-1-13-31(37)25-32-14-2-8-20-38(32)43)50(53)48(30-45-41-23-11-5-17-35(41)27-36-18-6-12-24-42(36)45)51(54)47(49)29-44-39-21-9-3-15-33(39)26-34-16-4-10-22-40(34)44/h1-27,52-54H,28-30H2. The van der Waals surface area contributed by atoms with Crippen LogP contribution in [-0.4, -0.2) is 15.3 Å². The van der Waals surface area contributed by atoms with E-state index in [0.717, 1.165) is 81.3 Å². The second-order valence-corrected chi connectivity index (χ2v) is 14.4. The van der Waals surface area contributed by atoms with Crippen LogP contribution in [0.25, 0.3) is 64.6 Å². The number of fused-ring (bicyclic) bond motifs is 6. The third kappa shape index (κ3) is 5.12. The topological polar surface area (TPSA) is 60.7 Å². The second-order valence-electron chi connectivity index (χ2n) is 14.4. The Balaban J connectivity index is 1.25. The van der Waals surface area contributed by atoms with Gasteiger partial charge in [0.1, 0.15) is 17.2 Å². The van der Waals surface area contributed by atoms with Gasteiger partial charge in [0.05, 0.1) is 0 Å². The summed E-state index contributed by atoms with van der Waals surface area (Å²) in [4.78, 5) is 0. The van der Waals surface area contributed by atoms with Gasteiger partial charge in [-0.1, -0.05) is 146 Å². The van der Waals surface area contributed by atoms with Gasteiger partial charge in [0.25, 0.3) is 0 Å². The Kier molecular flexibility index (Phi) is 7.48. The molecule has 10 aromatic rings. The van der Waals surface area contributed by atoms with Gasteiger partial charge in [0, 0.05) is 36.0 Å². The molecule has 0 heterocycles. The van der Waals surface area contributed by atoms with Crippen molar-refractivity contribution in [3.05, 3.63) is 197 Å². The summed E-state index contributed by atoms with van der Waals surface area (Å²) in [7, 11) is 0. The quantitative estimate of drug-likeness (QED) is 0.152. The van der Waals surface area contributed by atoms with Crippen LogP contribution in [0.15, 0.2) is 164 Å². The highest BCUT2D eigenvalue weighted by Crippen LogP contribution is 2.48. The third-order valence-electron chi connectivity index (χ3n) is 11.4. The summed E-state index contributed by atoms with van der Waals surface area (Å²) in [5.41, 5.74) is 4.28. The fraction of sp³-hybridized carbons (Fsp3) is 0.0588. The van der Waals surface area contributed by atoms with E-state index >= 15 is 0 Å². The molecule has 0 saturated carbocycles. The maximum absolute atomic E-state index is 12.5. The normalized spacial score (nSPS) is 11.8. The maximum atomic E-state index is 12.5. The Morgan fingerprint density at radius 2 is 0.426 bits per heavy atom. The Bertz CT molecular complexity index is 2600. The van der Waals surface area contributed by atoms with Crippen molar-refractivity contribution in [1.29, 1.82) is 0 Å². The third-order valence-corrected chi connectivity index (χ3v) is 11.4.